The van der Waals surface area contributed by atoms with Crippen LogP contribution >= 0.6 is 0 Å². The lowest BCUT2D eigenvalue weighted by atomic mass is 10.0. The van der Waals surface area contributed by atoms with E-state index in [1.807, 2.05) is 43.1 Å². The molecule has 0 aliphatic carbocycles. The normalized spacial score (nSPS) is 22.6. The number of ether oxygens (including phenoxy) is 1. The fourth-order valence-corrected chi connectivity index (χ4v) is 5.29. The predicted octanol–water partition coefficient (Wildman–Crippen LogP) is 5.83. The summed E-state index contributed by atoms with van der Waals surface area (Å²) in [6.45, 7) is 12.4. The molecule has 2 atom stereocenters. The average molecular weight is 564 g/mol. The van der Waals surface area contributed by atoms with Crippen molar-refractivity contribution in [1.82, 2.24) is 14.7 Å². The van der Waals surface area contributed by atoms with Crippen LogP contribution in [0.2, 0.25) is 0 Å². The number of alkyl halides is 3. The molecule has 2 fully saturated rings. The zero-order valence-corrected chi connectivity index (χ0v) is 24.2. The molecular formula is C31H44F3N3O3. The maximum Gasteiger partial charge on any atom is 0.416 e. The van der Waals surface area contributed by atoms with Gasteiger partial charge in [0.15, 0.2) is 0 Å². The van der Waals surface area contributed by atoms with Gasteiger partial charge in [0.05, 0.1) is 18.3 Å². The summed E-state index contributed by atoms with van der Waals surface area (Å²) >= 11 is 0. The highest BCUT2D eigenvalue weighted by Crippen LogP contribution is 2.28. The number of hydrogen-bond acceptors (Lipinski definition) is 6. The van der Waals surface area contributed by atoms with Gasteiger partial charge < -0.3 is 14.3 Å². The molecule has 222 valence electrons. The van der Waals surface area contributed by atoms with Gasteiger partial charge in [0.25, 0.3) is 0 Å². The Labute approximate surface area is 236 Å². The molecule has 2 aliphatic heterocycles. The minimum absolute atomic E-state index is 0.191. The van der Waals surface area contributed by atoms with Crippen LogP contribution in [0.4, 0.5) is 13.2 Å². The first-order chi connectivity index (χ1) is 19.2. The molecular weight excluding hydrogens is 519 g/mol. The summed E-state index contributed by atoms with van der Waals surface area (Å²) < 4.78 is 51.1. The number of furan rings is 1. The molecule has 0 spiro atoms. The van der Waals surface area contributed by atoms with E-state index < -0.39 is 18.0 Å². The van der Waals surface area contributed by atoms with Crippen LogP contribution in [-0.2, 0) is 17.7 Å². The van der Waals surface area contributed by atoms with Crippen molar-refractivity contribution in [3.63, 3.8) is 0 Å². The van der Waals surface area contributed by atoms with E-state index in [0.717, 1.165) is 60.7 Å². The minimum atomic E-state index is -4.36. The van der Waals surface area contributed by atoms with E-state index >= 15 is 0 Å². The van der Waals surface area contributed by atoms with E-state index in [2.05, 4.69) is 22.5 Å². The number of aliphatic hydroxyl groups excluding tert-OH is 1. The van der Waals surface area contributed by atoms with Gasteiger partial charge >= 0.3 is 6.18 Å². The Kier molecular flexibility index (Phi) is 12.5. The van der Waals surface area contributed by atoms with Crippen molar-refractivity contribution in [3.05, 3.63) is 70.4 Å². The molecule has 6 nitrogen and oxygen atoms in total. The molecule has 0 saturated carbocycles. The van der Waals surface area contributed by atoms with Crippen LogP contribution in [-0.4, -0.2) is 84.3 Å². The number of allylic oxidation sites excluding steroid dienone is 6. The first-order valence-electron chi connectivity index (χ1n) is 14.2. The Morgan fingerprint density at radius 3 is 2.70 bits per heavy atom. The van der Waals surface area contributed by atoms with Crippen molar-refractivity contribution in [2.45, 2.75) is 71.9 Å². The quantitative estimate of drug-likeness (QED) is 0.301. The Morgan fingerprint density at radius 2 is 2.00 bits per heavy atom. The summed E-state index contributed by atoms with van der Waals surface area (Å²) in [6, 6.07) is -0.191. The maximum absolute atomic E-state index is 13.0. The van der Waals surface area contributed by atoms with Crippen molar-refractivity contribution in [3.8, 4) is 0 Å². The average Bonchev–Trinajstić information content (AvgIpc) is 3.25. The van der Waals surface area contributed by atoms with Crippen molar-refractivity contribution in [2.24, 2.45) is 0 Å². The summed E-state index contributed by atoms with van der Waals surface area (Å²) in [5.74, 6) is 1.83. The molecule has 9 heteroatoms. The third-order valence-electron chi connectivity index (χ3n) is 7.48. The summed E-state index contributed by atoms with van der Waals surface area (Å²) in [7, 11) is 0. The lowest BCUT2D eigenvalue weighted by Crippen LogP contribution is -2.61. The van der Waals surface area contributed by atoms with Crippen LogP contribution in [0, 0.1) is 6.92 Å². The molecule has 1 aromatic rings. The third-order valence-corrected chi connectivity index (χ3v) is 7.48. The van der Waals surface area contributed by atoms with E-state index in [-0.39, 0.29) is 6.04 Å². The monoisotopic (exact) mass is 563 g/mol. The maximum atomic E-state index is 13.0. The minimum Gasteiger partial charge on any atom is -0.465 e. The zero-order valence-electron chi connectivity index (χ0n) is 24.2. The number of aryl methyl sites for hydroxylation is 2. The first kappa shape index (κ1) is 32.1. The first-order valence-corrected chi connectivity index (χ1v) is 14.2. The van der Waals surface area contributed by atoms with Crippen molar-refractivity contribution in [1.29, 1.82) is 0 Å². The lowest BCUT2D eigenvalue weighted by molar-refractivity contribution is -0.104. The van der Waals surface area contributed by atoms with Gasteiger partial charge in [-0.25, -0.2) is 0 Å². The topological polar surface area (TPSA) is 52.3 Å². The van der Waals surface area contributed by atoms with Gasteiger partial charge in [-0.1, -0.05) is 37.3 Å². The predicted molar refractivity (Wildman–Crippen MR) is 153 cm³/mol. The molecule has 2 aliphatic rings. The molecule has 3 heterocycles. The number of piperazine rings is 1. The zero-order chi connectivity index (χ0) is 29.1. The summed E-state index contributed by atoms with van der Waals surface area (Å²) in [5.41, 5.74) is 4.76. The molecule has 1 aromatic heterocycles. The fraction of sp³-hybridized carbons (Fsp3) is 0.581. The van der Waals surface area contributed by atoms with Crippen molar-refractivity contribution in [2.75, 3.05) is 46.1 Å². The van der Waals surface area contributed by atoms with Crippen LogP contribution < -0.4 is 0 Å². The van der Waals surface area contributed by atoms with E-state index in [4.69, 9.17) is 9.15 Å². The summed E-state index contributed by atoms with van der Waals surface area (Å²) in [4.78, 5) is 6.50. The highest BCUT2D eigenvalue weighted by atomic mass is 19.4. The van der Waals surface area contributed by atoms with E-state index in [1.54, 1.807) is 0 Å². The van der Waals surface area contributed by atoms with Gasteiger partial charge in [0.1, 0.15) is 17.7 Å². The van der Waals surface area contributed by atoms with Crippen LogP contribution in [0.5, 0.6) is 0 Å². The van der Waals surface area contributed by atoms with Gasteiger partial charge in [-0.3, -0.25) is 14.7 Å². The number of halogens is 3. The van der Waals surface area contributed by atoms with Crippen LogP contribution in [0.15, 0.2) is 52.2 Å². The van der Waals surface area contributed by atoms with Gasteiger partial charge in [-0.05, 0) is 45.8 Å². The SMILES string of the molecule is C/C=C\C=C=Cc1c(C)oc(CC)c1CN1CCN2COCCCN(CC/C=C\C(=C/C)C(F)(F)F)[C@@H](O)C2C1. The van der Waals surface area contributed by atoms with Gasteiger partial charge in [0, 0.05) is 63.4 Å². The highest BCUT2D eigenvalue weighted by molar-refractivity contribution is 5.57. The second-order valence-electron chi connectivity index (χ2n) is 10.2. The number of fused-ring (bicyclic) bond motifs is 1. The van der Waals surface area contributed by atoms with Gasteiger partial charge in [-0.15, -0.1) is 5.73 Å². The molecule has 2 saturated heterocycles. The largest absolute Gasteiger partial charge is 0.465 e. The fourth-order valence-electron chi connectivity index (χ4n) is 5.29. The molecule has 1 N–H and O–H groups in total. The lowest BCUT2D eigenvalue weighted by Gasteiger charge is -2.45. The summed E-state index contributed by atoms with van der Waals surface area (Å²) in [6.07, 6.45) is 8.28. The summed E-state index contributed by atoms with van der Waals surface area (Å²) in [5, 5.41) is 11.5. The van der Waals surface area contributed by atoms with E-state index in [0.29, 0.717) is 45.9 Å². The molecule has 40 heavy (non-hydrogen) atoms. The third kappa shape index (κ3) is 8.80. The van der Waals surface area contributed by atoms with Gasteiger partial charge in [0.2, 0.25) is 0 Å². The van der Waals surface area contributed by atoms with Crippen molar-refractivity contribution < 1.29 is 27.4 Å². The molecule has 0 amide bonds. The van der Waals surface area contributed by atoms with Crippen LogP contribution in [0.25, 0.3) is 6.08 Å². The second kappa shape index (κ2) is 15.6. The second-order valence-corrected chi connectivity index (χ2v) is 10.2. The molecule has 0 aromatic carbocycles. The van der Waals surface area contributed by atoms with E-state index in [9.17, 15) is 18.3 Å². The van der Waals surface area contributed by atoms with E-state index in [1.165, 1.54) is 13.0 Å². The molecule has 1 unspecified atom stereocenters. The van der Waals surface area contributed by atoms with Crippen LogP contribution in [0.3, 0.4) is 0 Å². The van der Waals surface area contributed by atoms with Crippen molar-refractivity contribution >= 4 is 6.08 Å². The van der Waals surface area contributed by atoms with Gasteiger partial charge in [-0.2, -0.15) is 13.2 Å². The Balaban J connectivity index is 1.75. The Bertz CT molecular complexity index is 1100. The molecule has 3 rings (SSSR count). The highest BCUT2D eigenvalue weighted by Gasteiger charge is 2.36. The Hall–Kier alpha value is -2.39. The smallest absolute Gasteiger partial charge is 0.416 e. The molecule has 0 bridgehead atoms. The number of nitrogens with zero attached hydrogens (tertiary/aromatic N) is 3. The van der Waals surface area contributed by atoms with Crippen LogP contribution in [0.1, 0.15) is 56.3 Å². The standard InChI is InChI=1S/C31H44F3N3O3/c1-5-8-9-10-15-26-24(4)40-29(7-3)27(26)21-35-18-19-37-23-39-20-13-17-36(30(38)28(37)22-35)16-12-11-14-25(6-2)31(32,33)34/h5-6,8-9,11,14-15,28,30,38H,7,12-13,16-23H2,1-4H3/b8-5-,14-11-,25-6+/t10?,28?,30-/m0/s1. The number of rotatable bonds is 9. The molecule has 0 radical (unpaired) electrons. The number of aliphatic hydroxyl groups is 1. The Morgan fingerprint density at radius 1 is 1.20 bits per heavy atom. The number of hydrogen-bond donors (Lipinski definition) is 1.